The fraction of sp³-hybridized carbons (Fsp3) is 0.357. The molecule has 0 spiro atoms. The molecule has 1 fully saturated rings. The molecule has 100 valence electrons. The number of rotatable bonds is 4. The molecule has 0 radical (unpaired) electrons. The van der Waals surface area contributed by atoms with E-state index >= 15 is 0 Å². The van der Waals surface area contributed by atoms with Gasteiger partial charge in [-0.05, 0) is 31.9 Å². The van der Waals surface area contributed by atoms with Crippen LogP contribution in [0, 0.1) is 12.7 Å². The summed E-state index contributed by atoms with van der Waals surface area (Å²) in [4.78, 5) is 4.46. The predicted octanol–water partition coefficient (Wildman–Crippen LogP) is 2.90. The van der Waals surface area contributed by atoms with Gasteiger partial charge in [0.15, 0.2) is 11.6 Å². The molecule has 1 aliphatic carbocycles. The number of methoxy groups -OCH3 is 1. The third-order valence-corrected chi connectivity index (χ3v) is 3.15. The van der Waals surface area contributed by atoms with Crippen LogP contribution >= 0.6 is 0 Å². The van der Waals surface area contributed by atoms with Crippen LogP contribution in [0.15, 0.2) is 24.4 Å². The number of anilines is 1. The second-order valence-electron chi connectivity index (χ2n) is 4.81. The van der Waals surface area contributed by atoms with Gasteiger partial charge in [-0.25, -0.2) is 9.37 Å². The molecule has 2 aromatic rings. The molecule has 1 aromatic carbocycles. The molecule has 1 heterocycles. The third kappa shape index (κ3) is 2.41. The molecule has 0 amide bonds. The fourth-order valence-electron chi connectivity index (χ4n) is 2.00. The highest BCUT2D eigenvalue weighted by Crippen LogP contribution is 2.27. The monoisotopic (exact) mass is 261 g/mol. The molecule has 0 aliphatic heterocycles. The summed E-state index contributed by atoms with van der Waals surface area (Å²) in [5.74, 6) is 0.676. The van der Waals surface area contributed by atoms with Crippen molar-refractivity contribution in [3.8, 4) is 11.4 Å². The second-order valence-corrected chi connectivity index (χ2v) is 4.81. The van der Waals surface area contributed by atoms with Gasteiger partial charge >= 0.3 is 0 Å². The van der Waals surface area contributed by atoms with E-state index in [1.165, 1.54) is 26.0 Å². The first-order valence-electron chi connectivity index (χ1n) is 6.34. The van der Waals surface area contributed by atoms with E-state index in [-0.39, 0.29) is 11.6 Å². The van der Waals surface area contributed by atoms with Crippen molar-refractivity contribution in [1.29, 1.82) is 0 Å². The molecule has 0 unspecified atom stereocenters. The maximum absolute atomic E-state index is 13.4. The first-order chi connectivity index (χ1) is 9.17. The quantitative estimate of drug-likeness (QED) is 0.919. The highest BCUT2D eigenvalue weighted by molar-refractivity contribution is 5.47. The van der Waals surface area contributed by atoms with Crippen molar-refractivity contribution in [3.63, 3.8) is 0 Å². The van der Waals surface area contributed by atoms with Gasteiger partial charge in [0.1, 0.15) is 0 Å². The number of hydrogen-bond donors (Lipinski definition) is 1. The van der Waals surface area contributed by atoms with Gasteiger partial charge < -0.3 is 10.1 Å². The number of nitrogens with zero attached hydrogens (tertiary/aromatic N) is 2. The fourth-order valence-corrected chi connectivity index (χ4v) is 2.00. The highest BCUT2D eigenvalue weighted by atomic mass is 19.1. The van der Waals surface area contributed by atoms with Gasteiger partial charge in [-0.1, -0.05) is 0 Å². The lowest BCUT2D eigenvalue weighted by atomic mass is 10.3. The summed E-state index contributed by atoms with van der Waals surface area (Å²) in [6, 6.07) is 5.32. The topological polar surface area (TPSA) is 39.1 Å². The van der Waals surface area contributed by atoms with Crippen molar-refractivity contribution in [1.82, 2.24) is 9.55 Å². The Morgan fingerprint density at radius 3 is 2.89 bits per heavy atom. The van der Waals surface area contributed by atoms with E-state index in [9.17, 15) is 4.39 Å². The minimum absolute atomic E-state index is 0.237. The second kappa shape index (κ2) is 4.57. The molecule has 5 heteroatoms. The molecule has 0 saturated heterocycles. The van der Waals surface area contributed by atoms with Crippen molar-refractivity contribution >= 4 is 5.95 Å². The normalized spacial score (nSPS) is 14.5. The molecular weight excluding hydrogens is 245 g/mol. The molecule has 1 aromatic heterocycles. The Labute approximate surface area is 111 Å². The Morgan fingerprint density at radius 1 is 1.42 bits per heavy atom. The number of halogens is 1. The standard InChI is InChI=1S/C14H16FN3O/c1-9-8-18(14(16-9)17-10-3-4-10)11-5-6-12(15)13(7-11)19-2/h5-8,10H,3-4H2,1-2H3,(H,16,17). The van der Waals surface area contributed by atoms with Crippen LogP contribution < -0.4 is 10.1 Å². The Morgan fingerprint density at radius 2 is 2.21 bits per heavy atom. The minimum Gasteiger partial charge on any atom is -0.494 e. The molecule has 1 N–H and O–H groups in total. The maximum Gasteiger partial charge on any atom is 0.207 e. The van der Waals surface area contributed by atoms with E-state index in [0.29, 0.717) is 6.04 Å². The first kappa shape index (κ1) is 12.0. The lowest BCUT2D eigenvalue weighted by molar-refractivity contribution is 0.386. The van der Waals surface area contributed by atoms with Crippen LogP contribution in [0.4, 0.5) is 10.3 Å². The number of aromatic nitrogens is 2. The van der Waals surface area contributed by atoms with Crippen LogP contribution in [0.25, 0.3) is 5.69 Å². The van der Waals surface area contributed by atoms with Crippen LogP contribution in [0.1, 0.15) is 18.5 Å². The van der Waals surface area contributed by atoms with Crippen LogP contribution in [0.2, 0.25) is 0 Å². The summed E-state index contributed by atoms with van der Waals surface area (Å²) in [5.41, 5.74) is 1.76. The summed E-state index contributed by atoms with van der Waals surface area (Å²) >= 11 is 0. The van der Waals surface area contributed by atoms with Gasteiger partial charge in [-0.15, -0.1) is 0 Å². The van der Waals surface area contributed by atoms with Gasteiger partial charge in [-0.2, -0.15) is 0 Å². The number of hydrogen-bond acceptors (Lipinski definition) is 3. The zero-order valence-corrected chi connectivity index (χ0v) is 11.0. The van der Waals surface area contributed by atoms with E-state index in [1.807, 2.05) is 17.7 Å². The van der Waals surface area contributed by atoms with E-state index < -0.39 is 0 Å². The molecule has 0 atom stereocenters. The number of ether oxygens (including phenoxy) is 1. The summed E-state index contributed by atoms with van der Waals surface area (Å²) in [5, 5.41) is 3.37. The largest absolute Gasteiger partial charge is 0.494 e. The summed E-state index contributed by atoms with van der Waals surface area (Å²) in [6.45, 7) is 1.94. The van der Waals surface area contributed by atoms with Gasteiger partial charge in [0.2, 0.25) is 5.95 Å². The summed E-state index contributed by atoms with van der Waals surface area (Å²) < 4.78 is 20.4. The molecule has 1 aliphatic rings. The van der Waals surface area contributed by atoms with Crippen molar-refractivity contribution < 1.29 is 9.13 Å². The summed E-state index contributed by atoms with van der Waals surface area (Å²) in [7, 11) is 1.46. The molecule has 0 bridgehead atoms. The zero-order valence-electron chi connectivity index (χ0n) is 11.0. The van der Waals surface area contributed by atoms with E-state index in [0.717, 1.165) is 17.3 Å². The van der Waals surface area contributed by atoms with Gasteiger partial charge in [-0.3, -0.25) is 4.57 Å². The lowest BCUT2D eigenvalue weighted by Gasteiger charge is -2.10. The summed E-state index contributed by atoms with van der Waals surface area (Å²) in [6.07, 6.45) is 4.29. The minimum atomic E-state index is -0.361. The van der Waals surface area contributed by atoms with Gasteiger partial charge in [0, 0.05) is 18.3 Å². The molecule has 19 heavy (non-hydrogen) atoms. The lowest BCUT2D eigenvalue weighted by Crippen LogP contribution is -2.07. The van der Waals surface area contributed by atoms with Gasteiger partial charge in [0.05, 0.1) is 18.5 Å². The van der Waals surface area contributed by atoms with Crippen LogP contribution in [0.5, 0.6) is 5.75 Å². The van der Waals surface area contributed by atoms with Crippen molar-refractivity contribution in [2.24, 2.45) is 0 Å². The van der Waals surface area contributed by atoms with Crippen LogP contribution in [-0.4, -0.2) is 22.7 Å². The van der Waals surface area contributed by atoms with Crippen LogP contribution in [-0.2, 0) is 0 Å². The van der Waals surface area contributed by atoms with Crippen LogP contribution in [0.3, 0.4) is 0 Å². The highest BCUT2D eigenvalue weighted by Gasteiger charge is 2.23. The molecule has 1 saturated carbocycles. The Balaban J connectivity index is 2.00. The molecule has 4 nitrogen and oxygen atoms in total. The Bertz CT molecular complexity index is 605. The van der Waals surface area contributed by atoms with E-state index in [4.69, 9.17) is 4.74 Å². The number of benzene rings is 1. The molecular formula is C14H16FN3O. The first-order valence-corrected chi connectivity index (χ1v) is 6.34. The zero-order chi connectivity index (χ0) is 13.4. The maximum atomic E-state index is 13.4. The average molecular weight is 261 g/mol. The van der Waals surface area contributed by atoms with E-state index in [1.54, 1.807) is 12.1 Å². The Hall–Kier alpha value is -2.04. The molecule has 3 rings (SSSR count). The SMILES string of the molecule is COc1cc(-n2cc(C)nc2NC2CC2)ccc1F. The van der Waals surface area contributed by atoms with Crippen molar-refractivity contribution in [2.45, 2.75) is 25.8 Å². The van der Waals surface area contributed by atoms with Crippen molar-refractivity contribution in [3.05, 3.63) is 35.9 Å². The Kier molecular flexibility index (Phi) is 2.89. The smallest absolute Gasteiger partial charge is 0.207 e. The average Bonchev–Trinajstić information content (AvgIpc) is 3.13. The number of nitrogens with one attached hydrogen (secondary N) is 1. The number of imidazole rings is 1. The third-order valence-electron chi connectivity index (χ3n) is 3.15. The number of aryl methyl sites for hydroxylation is 1. The van der Waals surface area contributed by atoms with E-state index in [2.05, 4.69) is 10.3 Å². The van der Waals surface area contributed by atoms with Gasteiger partial charge in [0.25, 0.3) is 0 Å². The van der Waals surface area contributed by atoms with Crippen molar-refractivity contribution in [2.75, 3.05) is 12.4 Å². The predicted molar refractivity (Wildman–Crippen MR) is 71.5 cm³/mol.